The lowest BCUT2D eigenvalue weighted by Gasteiger charge is -2.19. The molecule has 0 amide bonds. The smallest absolute Gasteiger partial charge is 0.358 e. The number of thiazole rings is 1. The minimum Gasteiger partial charge on any atom is -0.458 e. The van der Waals surface area contributed by atoms with Crippen LogP contribution in [0.3, 0.4) is 0 Å². The molecule has 0 aliphatic carbocycles. The molecule has 4 nitrogen and oxygen atoms in total. The van der Waals surface area contributed by atoms with Crippen molar-refractivity contribution in [3.63, 3.8) is 0 Å². The standard InChI is InChI=1S/C12H17NO3S/c1-8(2)16-12(14)10-7-17-11(13-10)9-3-5-15-6-4-9/h7-9H,3-6H2,1-2H3. The second-order valence-electron chi connectivity index (χ2n) is 4.41. The van der Waals surface area contributed by atoms with E-state index >= 15 is 0 Å². The molecule has 94 valence electrons. The third-order valence-corrected chi connectivity index (χ3v) is 3.65. The van der Waals surface area contributed by atoms with Gasteiger partial charge in [-0.05, 0) is 26.7 Å². The first-order valence-corrected chi connectivity index (χ1v) is 6.79. The Morgan fingerprint density at radius 3 is 2.88 bits per heavy atom. The van der Waals surface area contributed by atoms with Crippen LogP contribution < -0.4 is 0 Å². The Morgan fingerprint density at radius 1 is 1.53 bits per heavy atom. The van der Waals surface area contributed by atoms with Gasteiger partial charge in [-0.2, -0.15) is 0 Å². The average molecular weight is 255 g/mol. The molecular weight excluding hydrogens is 238 g/mol. The number of hydrogen-bond acceptors (Lipinski definition) is 5. The van der Waals surface area contributed by atoms with E-state index in [0.717, 1.165) is 31.1 Å². The van der Waals surface area contributed by atoms with Crippen LogP contribution >= 0.6 is 11.3 Å². The fourth-order valence-corrected chi connectivity index (χ4v) is 2.75. The molecule has 2 rings (SSSR count). The van der Waals surface area contributed by atoms with E-state index in [0.29, 0.717) is 11.6 Å². The number of hydrogen-bond donors (Lipinski definition) is 0. The zero-order valence-corrected chi connectivity index (χ0v) is 11.0. The van der Waals surface area contributed by atoms with E-state index in [2.05, 4.69) is 4.98 Å². The molecule has 0 radical (unpaired) electrons. The minimum absolute atomic E-state index is 0.101. The van der Waals surface area contributed by atoms with E-state index in [9.17, 15) is 4.79 Å². The summed E-state index contributed by atoms with van der Waals surface area (Å²) in [6, 6.07) is 0. The summed E-state index contributed by atoms with van der Waals surface area (Å²) in [5, 5.41) is 2.82. The molecule has 1 aromatic rings. The molecule has 1 fully saturated rings. The Hall–Kier alpha value is -0.940. The third-order valence-electron chi connectivity index (χ3n) is 2.64. The molecule has 1 aromatic heterocycles. The van der Waals surface area contributed by atoms with Crippen molar-refractivity contribution in [3.8, 4) is 0 Å². The highest BCUT2D eigenvalue weighted by Crippen LogP contribution is 2.29. The zero-order valence-electron chi connectivity index (χ0n) is 10.1. The monoisotopic (exact) mass is 255 g/mol. The summed E-state index contributed by atoms with van der Waals surface area (Å²) in [5.41, 5.74) is 0.435. The van der Waals surface area contributed by atoms with Gasteiger partial charge in [-0.25, -0.2) is 9.78 Å². The van der Waals surface area contributed by atoms with Gasteiger partial charge in [0.05, 0.1) is 11.1 Å². The van der Waals surface area contributed by atoms with E-state index in [1.807, 2.05) is 13.8 Å². The maximum Gasteiger partial charge on any atom is 0.358 e. The first-order valence-electron chi connectivity index (χ1n) is 5.91. The van der Waals surface area contributed by atoms with E-state index in [1.54, 1.807) is 16.7 Å². The predicted octanol–water partition coefficient (Wildman–Crippen LogP) is 2.60. The highest BCUT2D eigenvalue weighted by atomic mass is 32.1. The Morgan fingerprint density at radius 2 is 2.24 bits per heavy atom. The summed E-state index contributed by atoms with van der Waals surface area (Å²) < 4.78 is 10.4. The van der Waals surface area contributed by atoms with Crippen molar-refractivity contribution < 1.29 is 14.3 Å². The van der Waals surface area contributed by atoms with Gasteiger partial charge in [-0.3, -0.25) is 0 Å². The number of nitrogens with zero attached hydrogens (tertiary/aromatic N) is 1. The third kappa shape index (κ3) is 3.26. The lowest BCUT2D eigenvalue weighted by atomic mass is 10.0. The van der Waals surface area contributed by atoms with Crippen LogP contribution in [0.5, 0.6) is 0 Å². The Kier molecular flexibility index (Phi) is 4.12. The zero-order chi connectivity index (χ0) is 12.3. The maximum atomic E-state index is 11.6. The molecule has 1 aliphatic rings. The van der Waals surface area contributed by atoms with Crippen LogP contribution in [0.25, 0.3) is 0 Å². The summed E-state index contributed by atoms with van der Waals surface area (Å²) in [5.74, 6) is 0.115. The van der Waals surface area contributed by atoms with Crippen molar-refractivity contribution in [1.82, 2.24) is 4.98 Å². The van der Waals surface area contributed by atoms with Crippen molar-refractivity contribution in [2.24, 2.45) is 0 Å². The predicted molar refractivity (Wildman–Crippen MR) is 65.5 cm³/mol. The van der Waals surface area contributed by atoms with Gasteiger partial charge < -0.3 is 9.47 Å². The molecular formula is C12H17NO3S. The van der Waals surface area contributed by atoms with Gasteiger partial charge in [-0.15, -0.1) is 11.3 Å². The Balaban J connectivity index is 2.02. The Bertz CT molecular complexity index is 383. The van der Waals surface area contributed by atoms with Crippen LogP contribution in [0.2, 0.25) is 0 Å². The van der Waals surface area contributed by atoms with E-state index in [4.69, 9.17) is 9.47 Å². The lowest BCUT2D eigenvalue weighted by Crippen LogP contribution is -2.15. The van der Waals surface area contributed by atoms with Crippen molar-refractivity contribution in [1.29, 1.82) is 0 Å². The van der Waals surface area contributed by atoms with Gasteiger partial charge in [0.25, 0.3) is 0 Å². The summed E-state index contributed by atoms with van der Waals surface area (Å²) >= 11 is 1.54. The second kappa shape index (κ2) is 5.60. The van der Waals surface area contributed by atoms with Crippen molar-refractivity contribution >= 4 is 17.3 Å². The van der Waals surface area contributed by atoms with Gasteiger partial charge in [0, 0.05) is 24.5 Å². The van der Waals surface area contributed by atoms with Gasteiger partial charge in [0.1, 0.15) is 0 Å². The molecule has 0 atom stereocenters. The molecule has 1 saturated heterocycles. The highest BCUT2D eigenvalue weighted by Gasteiger charge is 2.21. The van der Waals surface area contributed by atoms with Crippen molar-refractivity contribution in [2.45, 2.75) is 38.7 Å². The number of carbonyl (C=O) groups excluding carboxylic acids is 1. The number of rotatable bonds is 3. The molecule has 0 aromatic carbocycles. The van der Waals surface area contributed by atoms with Crippen molar-refractivity contribution in [2.75, 3.05) is 13.2 Å². The fourth-order valence-electron chi connectivity index (χ4n) is 1.79. The average Bonchev–Trinajstić information content (AvgIpc) is 2.78. The topological polar surface area (TPSA) is 48.4 Å². The van der Waals surface area contributed by atoms with Crippen molar-refractivity contribution in [3.05, 3.63) is 16.1 Å². The van der Waals surface area contributed by atoms with E-state index < -0.39 is 0 Å². The van der Waals surface area contributed by atoms with Gasteiger partial charge in [-0.1, -0.05) is 0 Å². The number of esters is 1. The van der Waals surface area contributed by atoms with E-state index in [1.165, 1.54) is 0 Å². The van der Waals surface area contributed by atoms with Crippen LogP contribution in [-0.4, -0.2) is 30.3 Å². The molecule has 0 spiro atoms. The van der Waals surface area contributed by atoms with Gasteiger partial charge in [0.2, 0.25) is 0 Å². The molecule has 0 saturated carbocycles. The quantitative estimate of drug-likeness (QED) is 0.779. The van der Waals surface area contributed by atoms with Crippen LogP contribution in [0.4, 0.5) is 0 Å². The molecule has 1 aliphatic heterocycles. The maximum absolute atomic E-state index is 11.6. The lowest BCUT2D eigenvalue weighted by molar-refractivity contribution is 0.0371. The van der Waals surface area contributed by atoms with Gasteiger partial charge in [0.15, 0.2) is 5.69 Å². The number of ether oxygens (including phenoxy) is 2. The molecule has 0 N–H and O–H groups in total. The number of aromatic nitrogens is 1. The van der Waals surface area contributed by atoms with Crippen LogP contribution in [0.15, 0.2) is 5.38 Å². The van der Waals surface area contributed by atoms with Crippen LogP contribution in [-0.2, 0) is 9.47 Å². The summed E-state index contributed by atoms with van der Waals surface area (Å²) in [6.07, 6.45) is 1.88. The molecule has 5 heteroatoms. The molecule has 0 unspecified atom stereocenters. The minimum atomic E-state index is -0.324. The fraction of sp³-hybridized carbons (Fsp3) is 0.667. The molecule has 0 bridgehead atoms. The second-order valence-corrected chi connectivity index (χ2v) is 5.30. The first-order chi connectivity index (χ1) is 8.16. The van der Waals surface area contributed by atoms with Crippen LogP contribution in [0.1, 0.15) is 48.1 Å². The summed E-state index contributed by atoms with van der Waals surface area (Å²) in [7, 11) is 0. The highest BCUT2D eigenvalue weighted by molar-refractivity contribution is 7.09. The SMILES string of the molecule is CC(C)OC(=O)c1csc(C2CCOCC2)n1. The first kappa shape index (κ1) is 12.5. The summed E-state index contributed by atoms with van der Waals surface area (Å²) in [6.45, 7) is 5.25. The van der Waals surface area contributed by atoms with Gasteiger partial charge >= 0.3 is 5.97 Å². The molecule has 2 heterocycles. The largest absolute Gasteiger partial charge is 0.458 e. The normalized spacial score (nSPS) is 17.4. The van der Waals surface area contributed by atoms with E-state index in [-0.39, 0.29) is 12.1 Å². The Labute approximate surface area is 105 Å². The number of carbonyl (C=O) groups is 1. The van der Waals surface area contributed by atoms with Crippen LogP contribution in [0, 0.1) is 0 Å². The molecule has 17 heavy (non-hydrogen) atoms. The summed E-state index contributed by atoms with van der Waals surface area (Å²) in [4.78, 5) is 16.0.